The molecule has 0 aliphatic carbocycles. The van der Waals surface area contributed by atoms with E-state index >= 15 is 0 Å². The summed E-state index contributed by atoms with van der Waals surface area (Å²) in [5.41, 5.74) is 0. The Bertz CT molecular complexity index is 2690. The van der Waals surface area contributed by atoms with Gasteiger partial charge in [0.15, 0.2) is 0 Å². The van der Waals surface area contributed by atoms with Gasteiger partial charge in [0.05, 0.1) is 0 Å². The fraction of sp³-hybridized carbons (Fsp3) is 0. The standard InChI is InChI=1S/C40H22/c1-3-11-23-19-31-33-21-25-13-7-9-17-29(25)38-37-28-16-6-2-4-12-24(28)20-32(37)34-22-26-14-8-10-18-30(35(26)39(34)40(33)38)36(31)27(23)15-5-1/h1-22H. The fourth-order valence-corrected chi connectivity index (χ4v) is 7.71. The summed E-state index contributed by atoms with van der Waals surface area (Å²) >= 11 is 0. The van der Waals surface area contributed by atoms with E-state index in [1.54, 1.807) is 0 Å². The van der Waals surface area contributed by atoms with Crippen molar-refractivity contribution in [1.82, 2.24) is 0 Å². The number of hydrogen-bond donors (Lipinski definition) is 0. The van der Waals surface area contributed by atoms with Crippen LogP contribution in [0.3, 0.4) is 0 Å². The van der Waals surface area contributed by atoms with E-state index in [4.69, 9.17) is 0 Å². The van der Waals surface area contributed by atoms with Crippen molar-refractivity contribution in [2.75, 3.05) is 0 Å². The third-order valence-electron chi connectivity index (χ3n) is 9.25. The minimum absolute atomic E-state index is 1.29. The molecule has 0 saturated carbocycles. The van der Waals surface area contributed by atoms with Crippen LogP contribution in [0.25, 0.3) is 97.0 Å². The van der Waals surface area contributed by atoms with Gasteiger partial charge in [0.1, 0.15) is 0 Å². The second-order valence-corrected chi connectivity index (χ2v) is 11.2. The van der Waals surface area contributed by atoms with Crippen LogP contribution in [0.5, 0.6) is 0 Å². The van der Waals surface area contributed by atoms with Gasteiger partial charge in [-0.3, -0.25) is 0 Å². The molecule has 0 heteroatoms. The summed E-state index contributed by atoms with van der Waals surface area (Å²) in [6, 6.07) is 49.9. The quantitative estimate of drug-likeness (QED) is 0.181. The number of benzene rings is 3. The molecule has 0 unspecified atom stereocenters. The number of fused-ring (bicyclic) bond motifs is 12. The Balaban J connectivity index is 1.71. The lowest BCUT2D eigenvalue weighted by atomic mass is 9.91. The van der Waals surface area contributed by atoms with Crippen molar-refractivity contribution in [2.24, 2.45) is 0 Å². The van der Waals surface area contributed by atoms with E-state index in [2.05, 4.69) is 133 Å². The maximum Gasteiger partial charge on any atom is -0.000697 e. The maximum atomic E-state index is 2.45. The van der Waals surface area contributed by atoms with E-state index in [9.17, 15) is 0 Å². The van der Waals surface area contributed by atoms with Gasteiger partial charge in [-0.1, -0.05) is 109 Å². The van der Waals surface area contributed by atoms with Crippen molar-refractivity contribution in [3.05, 3.63) is 133 Å². The summed E-state index contributed by atoms with van der Waals surface area (Å²) in [7, 11) is 0. The van der Waals surface area contributed by atoms with Gasteiger partial charge < -0.3 is 0 Å². The van der Waals surface area contributed by atoms with Gasteiger partial charge in [-0.15, -0.1) is 0 Å². The molecule has 40 heavy (non-hydrogen) atoms. The van der Waals surface area contributed by atoms with E-state index in [-0.39, 0.29) is 0 Å². The lowest BCUT2D eigenvalue weighted by Gasteiger charge is -2.11. The first-order chi connectivity index (χ1) is 19.9. The van der Waals surface area contributed by atoms with Crippen molar-refractivity contribution in [3.63, 3.8) is 0 Å². The topological polar surface area (TPSA) is 0 Å². The number of hydrogen-bond acceptors (Lipinski definition) is 0. The van der Waals surface area contributed by atoms with Crippen molar-refractivity contribution >= 4 is 97.0 Å². The Kier molecular flexibility index (Phi) is 3.76. The second-order valence-electron chi connectivity index (χ2n) is 11.2. The summed E-state index contributed by atoms with van der Waals surface area (Å²) in [4.78, 5) is 0. The molecule has 0 radical (unpaired) electrons. The van der Waals surface area contributed by atoms with Crippen LogP contribution in [0, 0.1) is 0 Å². The molecule has 0 aromatic heterocycles. The highest BCUT2D eigenvalue weighted by atomic mass is 14.3. The summed E-state index contributed by atoms with van der Waals surface area (Å²) < 4.78 is 0. The van der Waals surface area contributed by atoms with Gasteiger partial charge in [-0.25, -0.2) is 0 Å². The normalized spacial score (nSPS) is 12.5. The molecule has 0 bridgehead atoms. The summed E-state index contributed by atoms with van der Waals surface area (Å²) in [5, 5.41) is 24.1. The zero-order valence-electron chi connectivity index (χ0n) is 21.7. The Labute approximate surface area is 230 Å². The lowest BCUT2D eigenvalue weighted by Crippen LogP contribution is -1.83. The molecular weight excluding hydrogens is 480 g/mol. The van der Waals surface area contributed by atoms with E-state index < -0.39 is 0 Å². The molecular formula is C40H22. The van der Waals surface area contributed by atoms with Crippen LogP contribution in [0.15, 0.2) is 133 Å². The first kappa shape index (κ1) is 20.7. The molecule has 10 aromatic rings. The minimum Gasteiger partial charge on any atom is -0.0622 e. The highest BCUT2D eigenvalue weighted by Crippen LogP contribution is 2.52. The van der Waals surface area contributed by atoms with Crippen LogP contribution in [-0.2, 0) is 0 Å². The van der Waals surface area contributed by atoms with E-state index in [0.29, 0.717) is 0 Å². The zero-order valence-corrected chi connectivity index (χ0v) is 21.7. The molecule has 0 heterocycles. The van der Waals surface area contributed by atoms with Crippen molar-refractivity contribution in [3.8, 4) is 0 Å². The van der Waals surface area contributed by atoms with Gasteiger partial charge in [0, 0.05) is 0 Å². The van der Waals surface area contributed by atoms with Gasteiger partial charge in [0.25, 0.3) is 0 Å². The molecule has 0 amide bonds. The largest absolute Gasteiger partial charge is 0.0622 e. The van der Waals surface area contributed by atoms with Gasteiger partial charge in [0.2, 0.25) is 0 Å². The summed E-state index contributed by atoms with van der Waals surface area (Å²) in [6.07, 6.45) is 0. The number of rotatable bonds is 0. The van der Waals surface area contributed by atoms with Crippen LogP contribution in [0.2, 0.25) is 0 Å². The summed E-state index contributed by atoms with van der Waals surface area (Å²) in [5.74, 6) is 0. The van der Waals surface area contributed by atoms with E-state index in [1.165, 1.54) is 97.0 Å². The monoisotopic (exact) mass is 502 g/mol. The Morgan fingerprint density at radius 1 is 0.200 bits per heavy atom. The lowest BCUT2D eigenvalue weighted by molar-refractivity contribution is 1.83. The molecule has 182 valence electrons. The Morgan fingerprint density at radius 2 is 0.550 bits per heavy atom. The Hall–Kier alpha value is -5.20. The molecule has 0 saturated heterocycles. The average Bonchev–Trinajstić information content (AvgIpc) is 3.39. The third-order valence-corrected chi connectivity index (χ3v) is 9.25. The fourth-order valence-electron chi connectivity index (χ4n) is 7.71. The predicted octanol–water partition coefficient (Wildman–Crippen LogP) is 11.5. The average molecular weight is 503 g/mol. The first-order valence-corrected chi connectivity index (χ1v) is 14.0. The SMILES string of the molecule is c1ccc2cc3c4cc5ccccc5c5c6c7cccccc7cc6c6cc7ccccc(c3c2cc1)c7c6c45. The second kappa shape index (κ2) is 7.25. The highest BCUT2D eigenvalue weighted by molar-refractivity contribution is 6.49. The molecule has 10 rings (SSSR count). The molecule has 0 atom stereocenters. The van der Waals surface area contributed by atoms with Crippen LogP contribution in [0.4, 0.5) is 0 Å². The Morgan fingerprint density at radius 3 is 1.20 bits per heavy atom. The van der Waals surface area contributed by atoms with Crippen LogP contribution in [-0.4, -0.2) is 0 Å². The van der Waals surface area contributed by atoms with E-state index in [1.807, 2.05) is 0 Å². The van der Waals surface area contributed by atoms with Crippen molar-refractivity contribution in [1.29, 1.82) is 0 Å². The molecule has 0 N–H and O–H groups in total. The van der Waals surface area contributed by atoms with Crippen LogP contribution < -0.4 is 0 Å². The third kappa shape index (κ3) is 2.43. The van der Waals surface area contributed by atoms with Crippen molar-refractivity contribution in [2.45, 2.75) is 0 Å². The molecule has 0 aliphatic heterocycles. The molecule has 0 nitrogen and oxygen atoms in total. The van der Waals surface area contributed by atoms with Gasteiger partial charge in [-0.05, 0) is 121 Å². The zero-order chi connectivity index (χ0) is 25.9. The molecule has 0 spiro atoms. The van der Waals surface area contributed by atoms with Crippen LogP contribution in [0.1, 0.15) is 0 Å². The maximum absolute atomic E-state index is 2.45. The molecule has 0 fully saturated rings. The molecule has 10 aromatic carbocycles. The van der Waals surface area contributed by atoms with Gasteiger partial charge in [-0.2, -0.15) is 0 Å². The van der Waals surface area contributed by atoms with Crippen molar-refractivity contribution < 1.29 is 0 Å². The highest BCUT2D eigenvalue weighted by Gasteiger charge is 2.23. The summed E-state index contributed by atoms with van der Waals surface area (Å²) in [6.45, 7) is 0. The smallest absolute Gasteiger partial charge is 0.000697 e. The predicted molar refractivity (Wildman–Crippen MR) is 175 cm³/mol. The van der Waals surface area contributed by atoms with E-state index in [0.717, 1.165) is 0 Å². The first-order valence-electron chi connectivity index (χ1n) is 14.0. The van der Waals surface area contributed by atoms with Crippen LogP contribution >= 0.6 is 0 Å². The minimum atomic E-state index is 1.29. The molecule has 0 aliphatic rings. The van der Waals surface area contributed by atoms with Gasteiger partial charge >= 0.3 is 0 Å².